The van der Waals surface area contributed by atoms with Crippen LogP contribution in [0.25, 0.3) is 0 Å². The molecule has 1 aliphatic heterocycles. The molecule has 2 N–H and O–H groups in total. The van der Waals surface area contributed by atoms with E-state index in [-0.39, 0.29) is 12.5 Å². The maximum absolute atomic E-state index is 12.5. The van der Waals surface area contributed by atoms with Crippen molar-refractivity contribution in [3.05, 3.63) is 28.8 Å². The molecule has 5 nitrogen and oxygen atoms in total. The Hall–Kier alpha value is -2.04. The molecule has 112 valence electrons. The molecule has 1 atom stereocenters. The fourth-order valence-electron chi connectivity index (χ4n) is 2.93. The number of carboxylic acid groups (broad SMARTS) is 1. The highest BCUT2D eigenvalue weighted by molar-refractivity contribution is 5.92. The average Bonchev–Trinajstić information content (AvgIpc) is 2.76. The molecular weight excluding hydrogens is 270 g/mol. The summed E-state index contributed by atoms with van der Waals surface area (Å²) in [5.41, 5.74) is 2.01. The molecule has 2 aliphatic rings. The van der Waals surface area contributed by atoms with Gasteiger partial charge in [0.05, 0.1) is 0 Å². The zero-order valence-corrected chi connectivity index (χ0v) is 12.2. The molecule has 1 aromatic rings. The third-order valence-corrected chi connectivity index (χ3v) is 4.70. The van der Waals surface area contributed by atoms with Crippen LogP contribution in [0.1, 0.15) is 41.9 Å². The largest absolute Gasteiger partial charge is 0.492 e. The monoisotopic (exact) mass is 289 g/mol. The molecule has 21 heavy (non-hydrogen) atoms. The number of rotatable bonds is 3. The summed E-state index contributed by atoms with van der Waals surface area (Å²) in [7, 11) is 0. The number of hydrogen-bond acceptors (Lipinski definition) is 3. The van der Waals surface area contributed by atoms with E-state index in [9.17, 15) is 14.7 Å². The molecule has 0 spiro atoms. The summed E-state index contributed by atoms with van der Waals surface area (Å²) < 4.78 is 5.59. The Morgan fingerprint density at radius 1 is 1.29 bits per heavy atom. The van der Waals surface area contributed by atoms with Crippen molar-refractivity contribution in [2.75, 3.05) is 6.61 Å². The molecule has 1 amide bonds. The summed E-state index contributed by atoms with van der Waals surface area (Å²) in [6, 6.07) is 3.91. The Morgan fingerprint density at radius 3 is 2.52 bits per heavy atom. The van der Waals surface area contributed by atoms with E-state index in [2.05, 4.69) is 5.32 Å². The first-order valence-electron chi connectivity index (χ1n) is 7.22. The number of hydrogen-bond donors (Lipinski definition) is 2. The molecule has 5 heteroatoms. The van der Waals surface area contributed by atoms with Gasteiger partial charge in [-0.1, -0.05) is 6.07 Å². The number of ether oxygens (including phenoxy) is 1. The van der Waals surface area contributed by atoms with Gasteiger partial charge in [0.25, 0.3) is 0 Å². The van der Waals surface area contributed by atoms with Crippen LogP contribution in [0, 0.1) is 13.8 Å². The molecule has 0 bridgehead atoms. The van der Waals surface area contributed by atoms with Gasteiger partial charge < -0.3 is 15.2 Å². The molecule has 1 fully saturated rings. The second-order valence-electron chi connectivity index (χ2n) is 6.07. The zero-order valence-electron chi connectivity index (χ0n) is 12.2. The SMILES string of the molecule is Cc1cc2c(cc1C)[C@H](C(=O)NC1(C(=O)O)CCC1)CO2. The smallest absolute Gasteiger partial charge is 0.329 e. The van der Waals surface area contributed by atoms with E-state index < -0.39 is 17.4 Å². The highest BCUT2D eigenvalue weighted by Crippen LogP contribution is 2.38. The molecule has 0 radical (unpaired) electrons. The number of fused-ring (bicyclic) bond motifs is 1. The van der Waals surface area contributed by atoms with Crippen LogP contribution in [0.2, 0.25) is 0 Å². The zero-order chi connectivity index (χ0) is 15.2. The Morgan fingerprint density at radius 2 is 1.95 bits per heavy atom. The van der Waals surface area contributed by atoms with Gasteiger partial charge in [0.1, 0.15) is 23.8 Å². The number of carbonyl (C=O) groups is 2. The van der Waals surface area contributed by atoms with E-state index in [1.807, 2.05) is 26.0 Å². The standard InChI is InChI=1S/C16H19NO4/c1-9-6-11-12(8-21-13(11)7-10(9)2)14(18)17-16(15(19)20)4-3-5-16/h6-7,12H,3-5,8H2,1-2H3,(H,17,18)(H,19,20)/t12-/m1/s1. The first kappa shape index (κ1) is 13.9. The van der Waals surface area contributed by atoms with Crippen LogP contribution in [-0.4, -0.2) is 29.1 Å². The highest BCUT2D eigenvalue weighted by atomic mass is 16.5. The maximum Gasteiger partial charge on any atom is 0.329 e. The molecule has 3 rings (SSSR count). The fourth-order valence-corrected chi connectivity index (χ4v) is 2.93. The Labute approximate surface area is 123 Å². The molecule has 1 aliphatic carbocycles. The van der Waals surface area contributed by atoms with Crippen LogP contribution in [-0.2, 0) is 9.59 Å². The summed E-state index contributed by atoms with van der Waals surface area (Å²) in [6.07, 6.45) is 1.84. The minimum Gasteiger partial charge on any atom is -0.492 e. The van der Waals surface area contributed by atoms with Gasteiger partial charge >= 0.3 is 5.97 Å². The van der Waals surface area contributed by atoms with Crippen molar-refractivity contribution < 1.29 is 19.4 Å². The van der Waals surface area contributed by atoms with E-state index in [0.29, 0.717) is 12.8 Å². The van der Waals surface area contributed by atoms with E-state index in [0.717, 1.165) is 28.9 Å². The number of aryl methyl sites for hydroxylation is 2. The van der Waals surface area contributed by atoms with Gasteiger partial charge in [0, 0.05) is 5.56 Å². The van der Waals surface area contributed by atoms with Gasteiger partial charge in [-0.25, -0.2) is 4.79 Å². The van der Waals surface area contributed by atoms with Crippen LogP contribution in [0.5, 0.6) is 5.75 Å². The average molecular weight is 289 g/mol. The Kier molecular flexibility index (Phi) is 3.15. The fraction of sp³-hybridized carbons (Fsp3) is 0.500. The van der Waals surface area contributed by atoms with Crippen molar-refractivity contribution in [3.8, 4) is 5.75 Å². The van der Waals surface area contributed by atoms with Gasteiger partial charge in [-0.05, 0) is 50.3 Å². The van der Waals surface area contributed by atoms with Crippen LogP contribution >= 0.6 is 0 Å². The normalized spacial score (nSPS) is 21.9. The Balaban J connectivity index is 1.82. The minimum atomic E-state index is -1.07. The lowest BCUT2D eigenvalue weighted by molar-refractivity contribution is -0.152. The van der Waals surface area contributed by atoms with Crippen molar-refractivity contribution in [2.45, 2.75) is 44.6 Å². The highest BCUT2D eigenvalue weighted by Gasteiger charge is 2.47. The molecular formula is C16H19NO4. The van der Waals surface area contributed by atoms with Crippen molar-refractivity contribution in [1.29, 1.82) is 0 Å². The minimum absolute atomic E-state index is 0.251. The molecule has 1 saturated carbocycles. The van der Waals surface area contributed by atoms with Crippen LogP contribution < -0.4 is 10.1 Å². The van der Waals surface area contributed by atoms with Crippen LogP contribution in [0.15, 0.2) is 12.1 Å². The predicted molar refractivity (Wildman–Crippen MR) is 76.5 cm³/mol. The van der Waals surface area contributed by atoms with E-state index in [1.165, 1.54) is 0 Å². The topological polar surface area (TPSA) is 75.6 Å². The summed E-state index contributed by atoms with van der Waals surface area (Å²) in [6.45, 7) is 4.27. The van der Waals surface area contributed by atoms with Gasteiger partial charge in [0.2, 0.25) is 5.91 Å². The molecule has 1 heterocycles. The van der Waals surface area contributed by atoms with Gasteiger partial charge in [-0.15, -0.1) is 0 Å². The first-order chi connectivity index (χ1) is 9.93. The number of aliphatic carboxylic acids is 1. The lowest BCUT2D eigenvalue weighted by Gasteiger charge is -2.38. The second kappa shape index (κ2) is 4.76. The number of carboxylic acids is 1. The van der Waals surface area contributed by atoms with E-state index in [4.69, 9.17) is 4.74 Å². The summed E-state index contributed by atoms with van der Waals surface area (Å²) >= 11 is 0. The van der Waals surface area contributed by atoms with Gasteiger partial charge in [-0.2, -0.15) is 0 Å². The number of benzene rings is 1. The lowest BCUT2D eigenvalue weighted by Crippen LogP contribution is -2.60. The van der Waals surface area contributed by atoms with Crippen LogP contribution in [0.3, 0.4) is 0 Å². The van der Waals surface area contributed by atoms with Crippen molar-refractivity contribution >= 4 is 11.9 Å². The van der Waals surface area contributed by atoms with Crippen molar-refractivity contribution in [2.24, 2.45) is 0 Å². The summed E-state index contributed by atoms with van der Waals surface area (Å²) in [5.74, 6) is -0.882. The number of nitrogens with one attached hydrogen (secondary N) is 1. The number of amides is 1. The third-order valence-electron chi connectivity index (χ3n) is 4.70. The van der Waals surface area contributed by atoms with Crippen molar-refractivity contribution in [3.63, 3.8) is 0 Å². The molecule has 0 unspecified atom stereocenters. The quantitative estimate of drug-likeness (QED) is 0.891. The Bertz CT molecular complexity index is 619. The maximum atomic E-state index is 12.5. The molecule has 0 saturated heterocycles. The summed E-state index contributed by atoms with van der Waals surface area (Å²) in [5, 5.41) is 12.0. The second-order valence-corrected chi connectivity index (χ2v) is 6.07. The predicted octanol–water partition coefficient (Wildman–Crippen LogP) is 1.90. The van der Waals surface area contributed by atoms with Gasteiger partial charge in [-0.3, -0.25) is 4.79 Å². The lowest BCUT2D eigenvalue weighted by atomic mass is 9.76. The van der Waals surface area contributed by atoms with Crippen LogP contribution in [0.4, 0.5) is 0 Å². The van der Waals surface area contributed by atoms with Gasteiger partial charge in [0.15, 0.2) is 0 Å². The van der Waals surface area contributed by atoms with E-state index >= 15 is 0 Å². The first-order valence-corrected chi connectivity index (χ1v) is 7.22. The summed E-state index contributed by atoms with van der Waals surface area (Å²) in [4.78, 5) is 23.8. The molecule has 1 aromatic carbocycles. The molecule has 0 aromatic heterocycles. The van der Waals surface area contributed by atoms with Crippen molar-refractivity contribution in [1.82, 2.24) is 5.32 Å². The van der Waals surface area contributed by atoms with E-state index in [1.54, 1.807) is 0 Å². The third kappa shape index (κ3) is 2.17. The number of carbonyl (C=O) groups excluding carboxylic acids is 1.